The van der Waals surface area contributed by atoms with E-state index in [-0.39, 0.29) is 0 Å². The highest BCUT2D eigenvalue weighted by molar-refractivity contribution is 7.90. The lowest BCUT2D eigenvalue weighted by molar-refractivity contribution is 0.576. The van der Waals surface area contributed by atoms with Crippen LogP contribution in [0, 0.1) is 0 Å². The SMILES string of the molecule is CS(=O)(=O)c1cccnc1N1CCCC1CCCN. The molecule has 1 aromatic rings. The van der Waals surface area contributed by atoms with Gasteiger partial charge >= 0.3 is 0 Å². The summed E-state index contributed by atoms with van der Waals surface area (Å²) < 4.78 is 23.7. The molecule has 2 rings (SSSR count). The number of sulfone groups is 1. The van der Waals surface area contributed by atoms with Crippen LogP contribution in [0.5, 0.6) is 0 Å². The van der Waals surface area contributed by atoms with Crippen molar-refractivity contribution in [3.8, 4) is 0 Å². The molecule has 1 unspecified atom stereocenters. The molecule has 1 aliphatic heterocycles. The zero-order valence-corrected chi connectivity index (χ0v) is 12.1. The average molecular weight is 283 g/mol. The molecule has 1 atom stereocenters. The van der Waals surface area contributed by atoms with Crippen LogP contribution < -0.4 is 10.6 Å². The lowest BCUT2D eigenvalue weighted by Crippen LogP contribution is -2.31. The Bertz CT molecular complexity index is 530. The molecule has 5 nitrogen and oxygen atoms in total. The third-order valence-electron chi connectivity index (χ3n) is 3.54. The van der Waals surface area contributed by atoms with Gasteiger partial charge < -0.3 is 10.6 Å². The zero-order chi connectivity index (χ0) is 13.9. The Morgan fingerprint density at radius 3 is 3.00 bits per heavy atom. The minimum Gasteiger partial charge on any atom is -0.353 e. The minimum atomic E-state index is -3.24. The fourth-order valence-electron chi connectivity index (χ4n) is 2.66. The molecule has 0 aromatic carbocycles. The number of pyridine rings is 1. The van der Waals surface area contributed by atoms with E-state index in [0.717, 1.165) is 32.2 Å². The standard InChI is InChI=1S/C13H21N3O2S/c1-19(17,18)12-7-3-9-15-13(12)16-10-4-6-11(16)5-2-8-14/h3,7,9,11H,2,4-6,8,10,14H2,1H3. The second-order valence-corrected chi connectivity index (χ2v) is 7.00. The first-order chi connectivity index (χ1) is 9.04. The number of aromatic nitrogens is 1. The summed E-state index contributed by atoms with van der Waals surface area (Å²) in [5.41, 5.74) is 5.56. The Morgan fingerprint density at radius 1 is 1.53 bits per heavy atom. The van der Waals surface area contributed by atoms with Gasteiger partial charge in [0.25, 0.3) is 0 Å². The first kappa shape index (κ1) is 14.3. The van der Waals surface area contributed by atoms with Gasteiger partial charge in [-0.05, 0) is 44.4 Å². The maximum Gasteiger partial charge on any atom is 0.179 e. The van der Waals surface area contributed by atoms with Crippen molar-refractivity contribution in [3.63, 3.8) is 0 Å². The van der Waals surface area contributed by atoms with Gasteiger partial charge in [-0.15, -0.1) is 0 Å². The van der Waals surface area contributed by atoms with E-state index >= 15 is 0 Å². The first-order valence-electron chi connectivity index (χ1n) is 6.66. The van der Waals surface area contributed by atoms with Crippen molar-refractivity contribution in [1.82, 2.24) is 4.98 Å². The highest BCUT2D eigenvalue weighted by Crippen LogP contribution is 2.30. The van der Waals surface area contributed by atoms with Gasteiger partial charge in [0, 0.05) is 25.0 Å². The van der Waals surface area contributed by atoms with Crippen molar-refractivity contribution in [2.45, 2.75) is 36.6 Å². The van der Waals surface area contributed by atoms with Crippen LogP contribution >= 0.6 is 0 Å². The van der Waals surface area contributed by atoms with Crippen molar-refractivity contribution in [1.29, 1.82) is 0 Å². The predicted molar refractivity (Wildman–Crippen MR) is 76.0 cm³/mol. The molecule has 1 aromatic heterocycles. The maximum atomic E-state index is 11.8. The number of hydrogen-bond acceptors (Lipinski definition) is 5. The summed E-state index contributed by atoms with van der Waals surface area (Å²) in [7, 11) is -3.24. The van der Waals surface area contributed by atoms with Gasteiger partial charge in [-0.1, -0.05) is 0 Å². The molecule has 6 heteroatoms. The van der Waals surface area contributed by atoms with E-state index in [1.54, 1.807) is 18.3 Å². The summed E-state index contributed by atoms with van der Waals surface area (Å²) in [4.78, 5) is 6.76. The Morgan fingerprint density at radius 2 is 2.32 bits per heavy atom. The summed E-state index contributed by atoms with van der Waals surface area (Å²) in [5.74, 6) is 0.601. The molecule has 0 aliphatic carbocycles. The highest BCUT2D eigenvalue weighted by Gasteiger charge is 2.28. The summed E-state index contributed by atoms with van der Waals surface area (Å²) >= 11 is 0. The second-order valence-electron chi connectivity index (χ2n) is 5.02. The number of anilines is 1. The van der Waals surface area contributed by atoms with Crippen molar-refractivity contribution in [2.24, 2.45) is 5.73 Å². The summed E-state index contributed by atoms with van der Waals surface area (Å²) in [6.45, 7) is 1.54. The van der Waals surface area contributed by atoms with Crippen molar-refractivity contribution in [3.05, 3.63) is 18.3 Å². The molecule has 0 spiro atoms. The summed E-state index contributed by atoms with van der Waals surface area (Å²) in [5, 5.41) is 0. The van der Waals surface area contributed by atoms with Gasteiger partial charge in [-0.25, -0.2) is 13.4 Å². The van der Waals surface area contributed by atoms with E-state index < -0.39 is 9.84 Å². The van der Waals surface area contributed by atoms with Crippen LogP contribution in [0.1, 0.15) is 25.7 Å². The number of hydrogen-bond donors (Lipinski definition) is 1. The molecule has 0 amide bonds. The van der Waals surface area contributed by atoms with Crippen LogP contribution in [0.2, 0.25) is 0 Å². The average Bonchev–Trinajstić information content (AvgIpc) is 2.83. The zero-order valence-electron chi connectivity index (χ0n) is 11.2. The van der Waals surface area contributed by atoms with Crippen LogP contribution in [-0.2, 0) is 9.84 Å². The van der Waals surface area contributed by atoms with Crippen molar-refractivity contribution < 1.29 is 8.42 Å². The lowest BCUT2D eigenvalue weighted by Gasteiger charge is -2.27. The molecule has 19 heavy (non-hydrogen) atoms. The van der Waals surface area contributed by atoms with Gasteiger partial charge in [0.1, 0.15) is 10.7 Å². The largest absolute Gasteiger partial charge is 0.353 e. The molecule has 2 N–H and O–H groups in total. The summed E-state index contributed by atoms with van der Waals surface area (Å²) in [6, 6.07) is 3.67. The van der Waals surface area contributed by atoms with E-state index in [1.165, 1.54) is 6.26 Å². The van der Waals surface area contributed by atoms with Gasteiger partial charge in [0.15, 0.2) is 9.84 Å². The van der Waals surface area contributed by atoms with Gasteiger partial charge in [-0.3, -0.25) is 0 Å². The van der Waals surface area contributed by atoms with E-state index in [2.05, 4.69) is 9.88 Å². The van der Waals surface area contributed by atoms with Crippen LogP contribution in [0.3, 0.4) is 0 Å². The molecule has 0 radical (unpaired) electrons. The van der Waals surface area contributed by atoms with Gasteiger partial charge in [0.2, 0.25) is 0 Å². The van der Waals surface area contributed by atoms with E-state index in [9.17, 15) is 8.42 Å². The Labute approximate surface area is 114 Å². The number of nitrogens with zero attached hydrogens (tertiary/aromatic N) is 2. The van der Waals surface area contributed by atoms with Crippen molar-refractivity contribution >= 4 is 15.7 Å². The fourth-order valence-corrected chi connectivity index (χ4v) is 3.48. The van der Waals surface area contributed by atoms with Crippen molar-refractivity contribution in [2.75, 3.05) is 24.2 Å². The molecular formula is C13H21N3O2S. The predicted octanol–water partition coefficient (Wildman–Crippen LogP) is 1.19. The van der Waals surface area contributed by atoms with Crippen LogP contribution in [0.25, 0.3) is 0 Å². The number of rotatable bonds is 5. The Kier molecular flexibility index (Phi) is 4.42. The molecule has 2 heterocycles. The monoisotopic (exact) mass is 283 g/mol. The molecule has 1 saturated heterocycles. The number of nitrogens with two attached hydrogens (primary N) is 1. The summed E-state index contributed by atoms with van der Waals surface area (Å²) in [6.07, 6.45) is 7.01. The second kappa shape index (κ2) is 5.88. The molecule has 0 bridgehead atoms. The molecule has 1 aliphatic rings. The van der Waals surface area contributed by atoms with Gasteiger partial charge in [0.05, 0.1) is 0 Å². The van der Waals surface area contributed by atoms with Crippen LogP contribution in [0.15, 0.2) is 23.2 Å². The Hall–Kier alpha value is -1.14. The van der Waals surface area contributed by atoms with E-state index in [1.807, 2.05) is 0 Å². The third kappa shape index (κ3) is 3.25. The quantitative estimate of drug-likeness (QED) is 0.878. The van der Waals surface area contributed by atoms with E-state index in [4.69, 9.17) is 5.73 Å². The Balaban J connectivity index is 2.31. The topological polar surface area (TPSA) is 76.3 Å². The van der Waals surface area contributed by atoms with Crippen LogP contribution in [0.4, 0.5) is 5.82 Å². The first-order valence-corrected chi connectivity index (χ1v) is 8.55. The third-order valence-corrected chi connectivity index (χ3v) is 4.66. The lowest BCUT2D eigenvalue weighted by atomic mass is 10.1. The normalized spacial score (nSPS) is 19.9. The van der Waals surface area contributed by atoms with Crippen LogP contribution in [-0.4, -0.2) is 38.8 Å². The maximum absolute atomic E-state index is 11.8. The van der Waals surface area contributed by atoms with E-state index in [0.29, 0.717) is 23.3 Å². The minimum absolute atomic E-state index is 0.328. The molecule has 0 saturated carbocycles. The molecule has 1 fully saturated rings. The fraction of sp³-hybridized carbons (Fsp3) is 0.615. The molecular weight excluding hydrogens is 262 g/mol. The smallest absolute Gasteiger partial charge is 0.179 e. The van der Waals surface area contributed by atoms with Gasteiger partial charge in [-0.2, -0.15) is 0 Å². The molecule has 106 valence electrons. The highest BCUT2D eigenvalue weighted by atomic mass is 32.2.